The molecule has 98 valence electrons. The van der Waals surface area contributed by atoms with E-state index >= 15 is 0 Å². The topological polar surface area (TPSA) is 55.3 Å². The Morgan fingerprint density at radius 3 is 2.67 bits per heavy atom. The van der Waals surface area contributed by atoms with Gasteiger partial charge in [-0.1, -0.05) is 13.8 Å². The van der Waals surface area contributed by atoms with E-state index in [-0.39, 0.29) is 11.5 Å². The Morgan fingerprint density at radius 2 is 2.06 bits per heavy atom. The number of aromatic nitrogens is 2. The van der Waals surface area contributed by atoms with Crippen molar-refractivity contribution < 1.29 is 9.53 Å². The van der Waals surface area contributed by atoms with E-state index in [0.29, 0.717) is 25.3 Å². The molecule has 0 saturated carbocycles. The lowest BCUT2D eigenvalue weighted by Gasteiger charge is -2.42. The highest BCUT2D eigenvalue weighted by atomic mass is 16.5. The summed E-state index contributed by atoms with van der Waals surface area (Å²) in [5.41, 5.74) is 0.351. The maximum absolute atomic E-state index is 12.3. The number of nitrogens with zero attached hydrogens (tertiary/aromatic N) is 3. The lowest BCUT2D eigenvalue weighted by Crippen LogP contribution is -2.53. The highest BCUT2D eigenvalue weighted by Crippen LogP contribution is 2.26. The van der Waals surface area contributed by atoms with Crippen LogP contribution in [0, 0.1) is 0 Å². The molecule has 0 aromatic carbocycles. The van der Waals surface area contributed by atoms with Gasteiger partial charge in [0.05, 0.1) is 24.3 Å². The van der Waals surface area contributed by atoms with Crippen molar-refractivity contribution in [1.82, 2.24) is 14.9 Å². The average molecular weight is 249 g/mol. The Kier molecular flexibility index (Phi) is 3.91. The van der Waals surface area contributed by atoms with Gasteiger partial charge in [-0.05, 0) is 12.8 Å². The fraction of sp³-hybridized carbons (Fsp3) is 0.615. The van der Waals surface area contributed by atoms with Gasteiger partial charge in [0.15, 0.2) is 0 Å². The molecule has 1 aliphatic heterocycles. The van der Waals surface area contributed by atoms with Crippen molar-refractivity contribution in [3.05, 3.63) is 24.3 Å². The highest BCUT2D eigenvalue weighted by molar-refractivity contribution is 5.93. The third kappa shape index (κ3) is 2.51. The van der Waals surface area contributed by atoms with Crippen molar-refractivity contribution in [2.24, 2.45) is 0 Å². The largest absolute Gasteiger partial charge is 0.371 e. The van der Waals surface area contributed by atoms with Crippen LogP contribution in [-0.4, -0.2) is 46.1 Å². The minimum absolute atomic E-state index is 0.00910. The number of hydrogen-bond acceptors (Lipinski definition) is 4. The molecule has 0 bridgehead atoms. The Hall–Kier alpha value is -1.49. The maximum Gasteiger partial charge on any atom is 0.257 e. The third-order valence-corrected chi connectivity index (χ3v) is 3.63. The summed E-state index contributed by atoms with van der Waals surface area (Å²) in [4.78, 5) is 21.9. The Labute approximate surface area is 107 Å². The second-order valence-electron chi connectivity index (χ2n) is 4.59. The van der Waals surface area contributed by atoms with E-state index in [1.165, 1.54) is 6.33 Å². The Balaban J connectivity index is 2.12. The summed E-state index contributed by atoms with van der Waals surface area (Å²) in [6.07, 6.45) is 6.38. The molecule has 2 rings (SSSR count). The third-order valence-electron chi connectivity index (χ3n) is 3.63. The molecule has 18 heavy (non-hydrogen) atoms. The van der Waals surface area contributed by atoms with Crippen molar-refractivity contribution in [1.29, 1.82) is 0 Å². The smallest absolute Gasteiger partial charge is 0.257 e. The molecule has 1 saturated heterocycles. The average Bonchev–Trinajstić information content (AvgIpc) is 2.47. The summed E-state index contributed by atoms with van der Waals surface area (Å²) < 4.78 is 5.86. The number of carbonyl (C=O) groups is 1. The Bertz CT molecular complexity index is 404. The molecule has 0 spiro atoms. The van der Waals surface area contributed by atoms with Crippen LogP contribution in [0.25, 0.3) is 0 Å². The van der Waals surface area contributed by atoms with Crippen molar-refractivity contribution in [2.75, 3.05) is 19.7 Å². The van der Waals surface area contributed by atoms with Crippen LogP contribution in [-0.2, 0) is 4.74 Å². The molecule has 5 nitrogen and oxygen atoms in total. The SMILES string of the molecule is CCC1(CC)CN(C(=O)c2cncnc2)CCO1. The molecule has 1 aromatic rings. The van der Waals surface area contributed by atoms with E-state index in [1.54, 1.807) is 12.4 Å². The molecule has 2 heterocycles. The molecular weight excluding hydrogens is 230 g/mol. The molecule has 5 heteroatoms. The summed E-state index contributed by atoms with van der Waals surface area (Å²) in [6.45, 7) is 6.08. The molecule has 0 N–H and O–H groups in total. The summed E-state index contributed by atoms with van der Waals surface area (Å²) in [7, 11) is 0. The summed E-state index contributed by atoms with van der Waals surface area (Å²) in [5, 5.41) is 0. The van der Waals surface area contributed by atoms with Gasteiger partial charge in [-0.2, -0.15) is 0 Å². The lowest BCUT2D eigenvalue weighted by molar-refractivity contribution is -0.103. The van der Waals surface area contributed by atoms with Crippen molar-refractivity contribution >= 4 is 5.91 Å². The van der Waals surface area contributed by atoms with E-state index in [9.17, 15) is 4.79 Å². The lowest BCUT2D eigenvalue weighted by atomic mass is 9.94. The van der Waals surface area contributed by atoms with Gasteiger partial charge < -0.3 is 9.64 Å². The van der Waals surface area contributed by atoms with Gasteiger partial charge in [0.1, 0.15) is 6.33 Å². The highest BCUT2D eigenvalue weighted by Gasteiger charge is 2.35. The fourth-order valence-corrected chi connectivity index (χ4v) is 2.29. The van der Waals surface area contributed by atoms with Gasteiger partial charge in [-0.25, -0.2) is 9.97 Å². The van der Waals surface area contributed by atoms with Crippen molar-refractivity contribution in [2.45, 2.75) is 32.3 Å². The predicted octanol–water partition coefficient (Wildman–Crippen LogP) is 1.51. The van der Waals surface area contributed by atoms with Gasteiger partial charge in [-0.15, -0.1) is 0 Å². The predicted molar refractivity (Wildman–Crippen MR) is 67.2 cm³/mol. The number of carbonyl (C=O) groups excluding carboxylic acids is 1. The van der Waals surface area contributed by atoms with Crippen LogP contribution in [0.4, 0.5) is 0 Å². The zero-order valence-electron chi connectivity index (χ0n) is 10.9. The van der Waals surface area contributed by atoms with E-state index < -0.39 is 0 Å². The Morgan fingerprint density at radius 1 is 1.39 bits per heavy atom. The van der Waals surface area contributed by atoms with Gasteiger partial charge in [0.2, 0.25) is 0 Å². The standard InChI is InChI=1S/C13H19N3O2/c1-3-13(4-2)9-16(5-6-18-13)12(17)11-7-14-10-15-8-11/h7-8,10H,3-6,9H2,1-2H3. The van der Waals surface area contributed by atoms with E-state index in [1.807, 2.05) is 4.90 Å². The minimum atomic E-state index is -0.191. The summed E-state index contributed by atoms with van der Waals surface area (Å²) >= 11 is 0. The second kappa shape index (κ2) is 5.44. The quantitative estimate of drug-likeness (QED) is 0.814. The van der Waals surface area contributed by atoms with Crippen LogP contribution in [0.3, 0.4) is 0 Å². The fourth-order valence-electron chi connectivity index (χ4n) is 2.29. The maximum atomic E-state index is 12.3. The van der Waals surface area contributed by atoms with Gasteiger partial charge in [0.25, 0.3) is 5.91 Å². The molecule has 1 aliphatic rings. The molecule has 1 aromatic heterocycles. The normalized spacial score (nSPS) is 18.7. The van der Waals surface area contributed by atoms with Gasteiger partial charge in [-0.3, -0.25) is 4.79 Å². The van der Waals surface area contributed by atoms with Crippen LogP contribution in [0.5, 0.6) is 0 Å². The van der Waals surface area contributed by atoms with Crippen molar-refractivity contribution in [3.63, 3.8) is 0 Å². The number of morpholine rings is 1. The minimum Gasteiger partial charge on any atom is -0.371 e. The number of amides is 1. The zero-order chi connectivity index (χ0) is 13.0. The molecule has 1 amide bonds. The van der Waals surface area contributed by atoms with Crippen LogP contribution in [0.15, 0.2) is 18.7 Å². The number of ether oxygens (including phenoxy) is 1. The van der Waals surface area contributed by atoms with E-state index in [2.05, 4.69) is 23.8 Å². The first kappa shape index (κ1) is 13.0. The first-order chi connectivity index (χ1) is 8.71. The van der Waals surface area contributed by atoms with Crippen LogP contribution in [0.1, 0.15) is 37.0 Å². The summed E-state index contributed by atoms with van der Waals surface area (Å²) in [6, 6.07) is 0. The van der Waals surface area contributed by atoms with Gasteiger partial charge in [0, 0.05) is 18.9 Å². The second-order valence-corrected chi connectivity index (χ2v) is 4.59. The molecular formula is C13H19N3O2. The van der Waals surface area contributed by atoms with E-state index in [4.69, 9.17) is 4.74 Å². The van der Waals surface area contributed by atoms with Crippen LogP contribution in [0.2, 0.25) is 0 Å². The zero-order valence-corrected chi connectivity index (χ0v) is 10.9. The molecule has 0 atom stereocenters. The molecule has 0 aliphatic carbocycles. The number of hydrogen-bond donors (Lipinski definition) is 0. The summed E-state index contributed by atoms with van der Waals surface area (Å²) in [5.74, 6) is -0.00910. The van der Waals surface area contributed by atoms with Crippen LogP contribution < -0.4 is 0 Å². The van der Waals surface area contributed by atoms with Gasteiger partial charge >= 0.3 is 0 Å². The van der Waals surface area contributed by atoms with Crippen LogP contribution >= 0.6 is 0 Å². The number of rotatable bonds is 3. The molecule has 1 fully saturated rings. The first-order valence-electron chi connectivity index (χ1n) is 6.39. The molecule has 0 radical (unpaired) electrons. The monoisotopic (exact) mass is 249 g/mol. The molecule has 0 unspecified atom stereocenters. The van der Waals surface area contributed by atoms with Crippen molar-refractivity contribution in [3.8, 4) is 0 Å². The first-order valence-corrected chi connectivity index (χ1v) is 6.39. The van der Waals surface area contributed by atoms with E-state index in [0.717, 1.165) is 12.8 Å².